The van der Waals surface area contributed by atoms with E-state index in [9.17, 15) is 4.79 Å². The van der Waals surface area contributed by atoms with Crippen molar-refractivity contribution in [2.45, 2.75) is 20.0 Å². The second-order valence-corrected chi connectivity index (χ2v) is 5.25. The Labute approximate surface area is 147 Å². The highest BCUT2D eigenvalue weighted by molar-refractivity contribution is 5.84. The zero-order chi connectivity index (χ0) is 17.9. The summed E-state index contributed by atoms with van der Waals surface area (Å²) >= 11 is 0. The van der Waals surface area contributed by atoms with E-state index in [0.29, 0.717) is 25.6 Å². The van der Waals surface area contributed by atoms with Gasteiger partial charge in [-0.15, -0.1) is 0 Å². The number of carbonyl (C=O) groups excluding carboxylic acids is 1. The van der Waals surface area contributed by atoms with Gasteiger partial charge < -0.3 is 25.1 Å². The molecule has 0 spiro atoms. The first-order chi connectivity index (χ1) is 12.2. The summed E-state index contributed by atoms with van der Waals surface area (Å²) in [5, 5.41) is 9.05. The van der Waals surface area contributed by atoms with E-state index >= 15 is 0 Å². The number of guanidine groups is 1. The van der Waals surface area contributed by atoms with Gasteiger partial charge in [-0.25, -0.2) is 4.99 Å². The molecule has 7 nitrogen and oxygen atoms in total. The maximum absolute atomic E-state index is 12.0. The molecule has 0 aliphatic rings. The first-order valence-corrected chi connectivity index (χ1v) is 8.15. The van der Waals surface area contributed by atoms with Crippen LogP contribution in [0.25, 0.3) is 0 Å². The number of nitrogens with one attached hydrogen (secondary N) is 3. The Morgan fingerprint density at radius 2 is 1.92 bits per heavy atom. The van der Waals surface area contributed by atoms with Gasteiger partial charge in [0, 0.05) is 13.1 Å². The minimum atomic E-state index is -0.147. The Morgan fingerprint density at radius 1 is 1.12 bits per heavy atom. The summed E-state index contributed by atoms with van der Waals surface area (Å²) in [6.45, 7) is 3.68. The van der Waals surface area contributed by atoms with Crippen LogP contribution >= 0.6 is 0 Å². The van der Waals surface area contributed by atoms with Crippen molar-refractivity contribution in [1.29, 1.82) is 0 Å². The number of rotatable bonds is 8. The molecule has 134 valence electrons. The van der Waals surface area contributed by atoms with Gasteiger partial charge in [0.25, 0.3) is 0 Å². The van der Waals surface area contributed by atoms with E-state index < -0.39 is 0 Å². The summed E-state index contributed by atoms with van der Waals surface area (Å²) in [5.74, 6) is 2.01. The second kappa shape index (κ2) is 10.0. The van der Waals surface area contributed by atoms with E-state index in [1.165, 1.54) is 0 Å². The molecule has 2 aromatic rings. The lowest BCUT2D eigenvalue weighted by Gasteiger charge is -2.10. The molecule has 2 rings (SSSR count). The molecule has 0 aliphatic heterocycles. The molecule has 7 heteroatoms. The molecule has 1 aromatic heterocycles. The van der Waals surface area contributed by atoms with Crippen molar-refractivity contribution in [1.82, 2.24) is 16.0 Å². The molecule has 0 atom stereocenters. The molecule has 1 aromatic carbocycles. The molecule has 0 fully saturated rings. The molecule has 0 unspecified atom stereocenters. The summed E-state index contributed by atoms with van der Waals surface area (Å²) in [5.41, 5.74) is 1.00. The average molecular weight is 344 g/mol. The largest absolute Gasteiger partial charge is 0.497 e. The predicted molar refractivity (Wildman–Crippen MR) is 96.4 cm³/mol. The van der Waals surface area contributed by atoms with Crippen molar-refractivity contribution in [3.63, 3.8) is 0 Å². The number of carbonyl (C=O) groups is 1. The van der Waals surface area contributed by atoms with Crippen LogP contribution in [0.3, 0.4) is 0 Å². The van der Waals surface area contributed by atoms with E-state index in [0.717, 1.165) is 17.1 Å². The summed E-state index contributed by atoms with van der Waals surface area (Å²) in [6, 6.07) is 11.3. The fourth-order valence-corrected chi connectivity index (χ4v) is 2.08. The third-order valence-corrected chi connectivity index (χ3v) is 3.38. The Balaban J connectivity index is 1.78. The van der Waals surface area contributed by atoms with Crippen LogP contribution in [-0.2, 0) is 17.9 Å². The number of nitrogens with zero attached hydrogens (tertiary/aromatic N) is 1. The standard InChI is InChI=1S/C18H24N4O3/c1-3-19-18(21-12-16-5-4-10-25-16)22-13-17(23)20-11-14-6-8-15(24-2)9-7-14/h4-10H,3,11-13H2,1-2H3,(H,20,23)(H2,19,21,22). The maximum Gasteiger partial charge on any atom is 0.242 e. The number of furan rings is 1. The Kier molecular flexibility index (Phi) is 7.37. The normalized spacial score (nSPS) is 11.0. The molecular weight excluding hydrogens is 320 g/mol. The van der Waals surface area contributed by atoms with Gasteiger partial charge in [-0.2, -0.15) is 0 Å². The quantitative estimate of drug-likeness (QED) is 0.501. The van der Waals surface area contributed by atoms with Crippen molar-refractivity contribution < 1.29 is 13.9 Å². The summed E-state index contributed by atoms with van der Waals surface area (Å²) in [6.07, 6.45) is 1.62. The van der Waals surface area contributed by atoms with E-state index in [2.05, 4.69) is 20.9 Å². The van der Waals surface area contributed by atoms with Crippen LogP contribution in [0.1, 0.15) is 18.2 Å². The van der Waals surface area contributed by atoms with Crippen LogP contribution in [0, 0.1) is 0 Å². The Bertz CT molecular complexity index is 666. The smallest absolute Gasteiger partial charge is 0.242 e. The summed E-state index contributed by atoms with van der Waals surface area (Å²) < 4.78 is 10.4. The molecule has 1 amide bonds. The number of benzene rings is 1. The number of hydrogen-bond donors (Lipinski definition) is 3. The predicted octanol–water partition coefficient (Wildman–Crippen LogP) is 1.66. The number of methoxy groups -OCH3 is 1. The molecule has 0 saturated carbocycles. The average Bonchev–Trinajstić information content (AvgIpc) is 3.16. The minimum absolute atomic E-state index is 0.0453. The zero-order valence-electron chi connectivity index (χ0n) is 14.5. The number of ether oxygens (including phenoxy) is 1. The fourth-order valence-electron chi connectivity index (χ4n) is 2.08. The lowest BCUT2D eigenvalue weighted by Crippen LogP contribution is -2.38. The van der Waals surface area contributed by atoms with Gasteiger partial charge in [0.05, 0.1) is 19.9 Å². The fraction of sp³-hybridized carbons (Fsp3) is 0.333. The van der Waals surface area contributed by atoms with Gasteiger partial charge in [-0.1, -0.05) is 12.1 Å². The highest BCUT2D eigenvalue weighted by Crippen LogP contribution is 2.10. The molecule has 0 radical (unpaired) electrons. The molecule has 0 bridgehead atoms. The first kappa shape index (κ1) is 18.4. The van der Waals surface area contributed by atoms with E-state index in [-0.39, 0.29) is 12.5 Å². The number of amides is 1. The van der Waals surface area contributed by atoms with Crippen LogP contribution in [0.4, 0.5) is 0 Å². The Hall–Kier alpha value is -2.96. The maximum atomic E-state index is 12.0. The minimum Gasteiger partial charge on any atom is -0.497 e. The lowest BCUT2D eigenvalue weighted by molar-refractivity contribution is -0.119. The zero-order valence-corrected chi connectivity index (χ0v) is 14.5. The molecular formula is C18H24N4O3. The number of aliphatic imine (C=N–C) groups is 1. The van der Waals surface area contributed by atoms with Crippen molar-refractivity contribution in [3.8, 4) is 5.75 Å². The SMILES string of the molecule is CCNC(=NCC(=O)NCc1ccc(OC)cc1)NCc1ccco1. The molecule has 0 aliphatic carbocycles. The second-order valence-electron chi connectivity index (χ2n) is 5.25. The van der Waals surface area contributed by atoms with Crippen LogP contribution in [0.2, 0.25) is 0 Å². The summed E-state index contributed by atoms with van der Waals surface area (Å²) in [7, 11) is 1.62. The van der Waals surface area contributed by atoms with Crippen LogP contribution in [-0.4, -0.2) is 32.1 Å². The van der Waals surface area contributed by atoms with Crippen LogP contribution < -0.4 is 20.7 Å². The van der Waals surface area contributed by atoms with Crippen LogP contribution in [0.5, 0.6) is 5.75 Å². The summed E-state index contributed by atoms with van der Waals surface area (Å²) in [4.78, 5) is 16.2. The van der Waals surface area contributed by atoms with Gasteiger partial charge in [0.1, 0.15) is 18.1 Å². The molecule has 3 N–H and O–H groups in total. The van der Waals surface area contributed by atoms with E-state index in [1.54, 1.807) is 13.4 Å². The van der Waals surface area contributed by atoms with Crippen molar-refractivity contribution in [2.24, 2.45) is 4.99 Å². The van der Waals surface area contributed by atoms with Crippen molar-refractivity contribution >= 4 is 11.9 Å². The van der Waals surface area contributed by atoms with Gasteiger partial charge in [0.2, 0.25) is 5.91 Å². The monoisotopic (exact) mass is 344 g/mol. The lowest BCUT2D eigenvalue weighted by atomic mass is 10.2. The third kappa shape index (κ3) is 6.58. The van der Waals surface area contributed by atoms with E-state index in [1.807, 2.05) is 43.3 Å². The third-order valence-electron chi connectivity index (χ3n) is 3.38. The molecule has 1 heterocycles. The van der Waals surface area contributed by atoms with E-state index in [4.69, 9.17) is 9.15 Å². The van der Waals surface area contributed by atoms with Crippen LogP contribution in [0.15, 0.2) is 52.1 Å². The highest BCUT2D eigenvalue weighted by Gasteiger charge is 2.04. The van der Waals surface area contributed by atoms with Gasteiger partial charge in [-0.05, 0) is 36.8 Å². The van der Waals surface area contributed by atoms with Gasteiger partial charge >= 0.3 is 0 Å². The Morgan fingerprint density at radius 3 is 2.56 bits per heavy atom. The highest BCUT2D eigenvalue weighted by atomic mass is 16.5. The number of hydrogen-bond acceptors (Lipinski definition) is 4. The van der Waals surface area contributed by atoms with Crippen molar-refractivity contribution in [2.75, 3.05) is 20.2 Å². The van der Waals surface area contributed by atoms with Gasteiger partial charge in [-0.3, -0.25) is 4.79 Å². The molecule has 25 heavy (non-hydrogen) atoms. The van der Waals surface area contributed by atoms with Gasteiger partial charge in [0.15, 0.2) is 5.96 Å². The molecule has 0 saturated heterocycles. The topological polar surface area (TPSA) is 87.9 Å². The first-order valence-electron chi connectivity index (χ1n) is 8.15. The van der Waals surface area contributed by atoms with Crippen molar-refractivity contribution in [3.05, 3.63) is 54.0 Å².